The summed E-state index contributed by atoms with van der Waals surface area (Å²) in [7, 11) is 1.63. The molecule has 0 saturated carbocycles. The van der Waals surface area contributed by atoms with Crippen LogP contribution in [-0.2, 0) is 6.54 Å². The number of halogens is 1. The topological polar surface area (TPSA) is 41.5 Å². The van der Waals surface area contributed by atoms with E-state index >= 15 is 0 Å². The fourth-order valence-electron chi connectivity index (χ4n) is 1.85. The zero-order valence-corrected chi connectivity index (χ0v) is 10.9. The van der Waals surface area contributed by atoms with Crippen molar-refractivity contribution in [2.24, 2.45) is 0 Å². The molecule has 0 aliphatic carbocycles. The second-order valence-corrected chi connectivity index (χ2v) is 4.32. The lowest BCUT2D eigenvalue weighted by Gasteiger charge is -2.10. The predicted octanol–water partition coefficient (Wildman–Crippen LogP) is 3.46. The van der Waals surface area contributed by atoms with E-state index in [0.29, 0.717) is 6.54 Å². The van der Waals surface area contributed by atoms with Crippen LogP contribution in [0.5, 0.6) is 11.5 Å². The first-order valence-corrected chi connectivity index (χ1v) is 5.96. The monoisotopic (exact) mass is 261 g/mol. The molecule has 4 heteroatoms. The van der Waals surface area contributed by atoms with E-state index in [-0.39, 0.29) is 5.75 Å². The minimum absolute atomic E-state index is 0.330. The molecule has 2 aromatic carbocycles. The van der Waals surface area contributed by atoms with Crippen molar-refractivity contribution in [1.82, 2.24) is 0 Å². The van der Waals surface area contributed by atoms with Crippen LogP contribution in [0.1, 0.15) is 11.1 Å². The molecule has 0 aromatic heterocycles. The second-order valence-electron chi connectivity index (χ2n) is 4.32. The third kappa shape index (κ3) is 3.16. The Morgan fingerprint density at radius 2 is 2.00 bits per heavy atom. The molecule has 0 atom stereocenters. The minimum Gasteiger partial charge on any atom is -0.505 e. The van der Waals surface area contributed by atoms with E-state index < -0.39 is 5.82 Å². The molecule has 0 heterocycles. The van der Waals surface area contributed by atoms with Crippen LogP contribution in [0.3, 0.4) is 0 Å². The summed E-state index contributed by atoms with van der Waals surface area (Å²) in [6, 6.07) is 10.1. The highest BCUT2D eigenvalue weighted by Crippen LogP contribution is 2.22. The average molecular weight is 261 g/mol. The maximum Gasteiger partial charge on any atom is 0.165 e. The lowest BCUT2D eigenvalue weighted by Crippen LogP contribution is -2.00. The normalized spacial score (nSPS) is 10.3. The zero-order valence-electron chi connectivity index (χ0n) is 10.9. The summed E-state index contributed by atoms with van der Waals surface area (Å²) >= 11 is 0. The molecule has 100 valence electrons. The van der Waals surface area contributed by atoms with E-state index in [1.54, 1.807) is 13.2 Å². The molecule has 0 unspecified atom stereocenters. The van der Waals surface area contributed by atoms with Crippen molar-refractivity contribution in [3.05, 3.63) is 53.3 Å². The number of hydrogen-bond acceptors (Lipinski definition) is 3. The van der Waals surface area contributed by atoms with Crippen molar-refractivity contribution in [1.29, 1.82) is 0 Å². The number of aryl methyl sites for hydroxylation is 1. The highest BCUT2D eigenvalue weighted by Gasteiger charge is 2.03. The van der Waals surface area contributed by atoms with Gasteiger partial charge in [-0.1, -0.05) is 6.07 Å². The third-order valence-electron chi connectivity index (χ3n) is 2.90. The number of benzene rings is 2. The molecule has 0 spiro atoms. The van der Waals surface area contributed by atoms with E-state index in [1.807, 2.05) is 25.1 Å². The number of rotatable bonds is 4. The lowest BCUT2D eigenvalue weighted by molar-refractivity contribution is 0.412. The molecule has 0 amide bonds. The Kier molecular flexibility index (Phi) is 3.90. The first-order valence-electron chi connectivity index (χ1n) is 5.96. The number of ether oxygens (including phenoxy) is 1. The fraction of sp³-hybridized carbons (Fsp3) is 0.200. The van der Waals surface area contributed by atoms with Gasteiger partial charge in [0.1, 0.15) is 5.75 Å². The quantitative estimate of drug-likeness (QED) is 0.885. The molecule has 2 aromatic rings. The van der Waals surface area contributed by atoms with Crippen molar-refractivity contribution in [2.45, 2.75) is 13.5 Å². The van der Waals surface area contributed by atoms with Gasteiger partial charge in [0.15, 0.2) is 11.6 Å². The van der Waals surface area contributed by atoms with Crippen molar-refractivity contribution in [2.75, 3.05) is 12.4 Å². The van der Waals surface area contributed by atoms with Gasteiger partial charge in [0, 0.05) is 12.2 Å². The lowest BCUT2D eigenvalue weighted by atomic mass is 10.1. The highest BCUT2D eigenvalue weighted by atomic mass is 19.1. The summed E-state index contributed by atoms with van der Waals surface area (Å²) in [5, 5.41) is 12.3. The molecular weight excluding hydrogens is 245 g/mol. The largest absolute Gasteiger partial charge is 0.505 e. The summed E-state index contributed by atoms with van der Waals surface area (Å²) in [4.78, 5) is 0. The van der Waals surface area contributed by atoms with Crippen LogP contribution in [0.25, 0.3) is 0 Å². The molecule has 0 aliphatic rings. The zero-order chi connectivity index (χ0) is 13.8. The molecule has 0 radical (unpaired) electrons. The van der Waals surface area contributed by atoms with Gasteiger partial charge in [0.2, 0.25) is 0 Å². The number of phenolic OH excluding ortho intramolecular Hbond substituents is 1. The van der Waals surface area contributed by atoms with Gasteiger partial charge in [-0.25, -0.2) is 4.39 Å². The number of hydrogen-bond donors (Lipinski definition) is 2. The van der Waals surface area contributed by atoms with Gasteiger partial charge in [0.25, 0.3) is 0 Å². The molecule has 0 saturated heterocycles. The molecule has 0 fully saturated rings. The van der Waals surface area contributed by atoms with Crippen molar-refractivity contribution < 1.29 is 14.2 Å². The van der Waals surface area contributed by atoms with Gasteiger partial charge in [-0.3, -0.25) is 0 Å². The van der Waals surface area contributed by atoms with Gasteiger partial charge in [-0.15, -0.1) is 0 Å². The Bertz CT molecular complexity index is 584. The number of methoxy groups -OCH3 is 1. The Labute approximate surface area is 111 Å². The maximum absolute atomic E-state index is 13.2. The third-order valence-corrected chi connectivity index (χ3v) is 2.90. The molecule has 2 rings (SSSR count). The summed E-state index contributed by atoms with van der Waals surface area (Å²) in [6.45, 7) is 2.45. The number of anilines is 1. The molecule has 19 heavy (non-hydrogen) atoms. The summed E-state index contributed by atoms with van der Waals surface area (Å²) in [6.07, 6.45) is 0. The first-order chi connectivity index (χ1) is 9.10. The molecule has 2 N–H and O–H groups in total. The van der Waals surface area contributed by atoms with Gasteiger partial charge in [-0.05, 0) is 48.4 Å². The van der Waals surface area contributed by atoms with Crippen LogP contribution in [-0.4, -0.2) is 12.2 Å². The Hall–Kier alpha value is -2.23. The Morgan fingerprint density at radius 1 is 1.21 bits per heavy atom. The Balaban J connectivity index is 2.05. The van der Waals surface area contributed by atoms with Crippen LogP contribution in [0, 0.1) is 12.7 Å². The van der Waals surface area contributed by atoms with E-state index in [4.69, 9.17) is 9.84 Å². The molecule has 0 bridgehead atoms. The van der Waals surface area contributed by atoms with E-state index in [9.17, 15) is 4.39 Å². The standard InChI is InChI=1S/C15H16FNO2/c1-10-7-12(4-6-15(10)19-2)17-9-11-3-5-14(18)13(16)8-11/h3-8,17-18H,9H2,1-2H3. The van der Waals surface area contributed by atoms with Crippen LogP contribution in [0.15, 0.2) is 36.4 Å². The highest BCUT2D eigenvalue weighted by molar-refractivity contribution is 5.51. The van der Waals surface area contributed by atoms with Gasteiger partial charge < -0.3 is 15.2 Å². The number of phenols is 1. The second kappa shape index (κ2) is 5.61. The number of aromatic hydroxyl groups is 1. The van der Waals surface area contributed by atoms with Crippen LogP contribution in [0.4, 0.5) is 10.1 Å². The van der Waals surface area contributed by atoms with Crippen molar-refractivity contribution >= 4 is 5.69 Å². The predicted molar refractivity (Wildman–Crippen MR) is 73.1 cm³/mol. The van der Waals surface area contributed by atoms with E-state index in [0.717, 1.165) is 22.6 Å². The van der Waals surface area contributed by atoms with Crippen LogP contribution >= 0.6 is 0 Å². The average Bonchev–Trinajstić information content (AvgIpc) is 2.40. The number of nitrogens with one attached hydrogen (secondary N) is 1. The minimum atomic E-state index is -0.606. The van der Waals surface area contributed by atoms with Gasteiger partial charge >= 0.3 is 0 Å². The van der Waals surface area contributed by atoms with Gasteiger partial charge in [0.05, 0.1) is 7.11 Å². The van der Waals surface area contributed by atoms with E-state index in [1.165, 1.54) is 12.1 Å². The van der Waals surface area contributed by atoms with Gasteiger partial charge in [-0.2, -0.15) is 0 Å². The van der Waals surface area contributed by atoms with E-state index in [2.05, 4.69) is 5.32 Å². The first kappa shape index (κ1) is 13.2. The molecule has 3 nitrogen and oxygen atoms in total. The van der Waals surface area contributed by atoms with Crippen LogP contribution < -0.4 is 10.1 Å². The smallest absolute Gasteiger partial charge is 0.165 e. The van der Waals surface area contributed by atoms with Crippen molar-refractivity contribution in [3.8, 4) is 11.5 Å². The van der Waals surface area contributed by atoms with Crippen LogP contribution in [0.2, 0.25) is 0 Å². The summed E-state index contributed by atoms with van der Waals surface area (Å²) in [5.74, 6) is -0.101. The molecular formula is C15H16FNO2. The maximum atomic E-state index is 13.2. The van der Waals surface area contributed by atoms with Crippen molar-refractivity contribution in [3.63, 3.8) is 0 Å². The fourth-order valence-corrected chi connectivity index (χ4v) is 1.85. The summed E-state index contributed by atoms with van der Waals surface area (Å²) in [5.41, 5.74) is 2.74. The summed E-state index contributed by atoms with van der Waals surface area (Å²) < 4.78 is 18.4. The molecule has 0 aliphatic heterocycles. The Morgan fingerprint density at radius 3 is 2.63 bits per heavy atom. The SMILES string of the molecule is COc1ccc(NCc2ccc(O)c(F)c2)cc1C.